The van der Waals surface area contributed by atoms with Gasteiger partial charge in [-0.2, -0.15) is 0 Å². The second-order valence-corrected chi connectivity index (χ2v) is 7.20. The molecule has 2 aromatic heterocycles. The second-order valence-electron chi connectivity index (χ2n) is 6.77. The lowest BCUT2D eigenvalue weighted by Crippen LogP contribution is -2.35. The topological polar surface area (TPSA) is 37.9 Å². The molecule has 0 saturated carbocycles. The van der Waals surface area contributed by atoms with Crippen LogP contribution >= 0.6 is 11.6 Å². The van der Waals surface area contributed by atoms with Crippen molar-refractivity contribution < 1.29 is 9.21 Å². The highest BCUT2D eigenvalue weighted by atomic mass is 35.5. The summed E-state index contributed by atoms with van der Waals surface area (Å²) in [5.74, 6) is -0.0574. The summed E-state index contributed by atoms with van der Waals surface area (Å²) in [6.07, 6.45) is 0. The van der Waals surface area contributed by atoms with Gasteiger partial charge in [0.15, 0.2) is 5.58 Å². The number of hydrogen-bond acceptors (Lipinski definition) is 2. The van der Waals surface area contributed by atoms with Crippen LogP contribution in [-0.4, -0.2) is 10.3 Å². The number of aromatic nitrogens is 1. The molecule has 1 aliphatic rings. The van der Waals surface area contributed by atoms with Crippen LogP contribution in [0.25, 0.3) is 28.1 Å². The molecule has 0 atom stereocenters. The quantitative estimate of drug-likeness (QED) is 0.358. The fourth-order valence-corrected chi connectivity index (χ4v) is 4.09. The number of anilines is 2. The van der Waals surface area contributed by atoms with Gasteiger partial charge in [0, 0.05) is 16.3 Å². The van der Waals surface area contributed by atoms with Gasteiger partial charge >= 0.3 is 0 Å². The van der Waals surface area contributed by atoms with Gasteiger partial charge in [0.25, 0.3) is 5.91 Å². The van der Waals surface area contributed by atoms with E-state index in [1.54, 1.807) is 4.90 Å². The molecule has 0 fully saturated rings. The lowest BCUT2D eigenvalue weighted by Gasteiger charge is -2.31. The summed E-state index contributed by atoms with van der Waals surface area (Å²) in [6.45, 7) is 0. The first-order chi connectivity index (χ1) is 13.7. The Balaban J connectivity index is 1.73. The Morgan fingerprint density at radius 3 is 2.32 bits per heavy atom. The van der Waals surface area contributed by atoms with Gasteiger partial charge in [-0.25, -0.2) is 0 Å². The van der Waals surface area contributed by atoms with E-state index >= 15 is 0 Å². The fourth-order valence-electron chi connectivity index (χ4n) is 3.97. The molecular weight excluding hydrogens is 372 g/mol. The maximum Gasteiger partial charge on any atom is 0.270 e. The Morgan fingerprint density at radius 1 is 0.821 bits per heavy atom. The second kappa shape index (κ2) is 5.50. The first-order valence-electron chi connectivity index (χ1n) is 8.95. The molecule has 1 amide bonds. The minimum absolute atomic E-state index is 0.0574. The summed E-state index contributed by atoms with van der Waals surface area (Å²) in [5, 5.41) is 0.670. The minimum atomic E-state index is -0.0574. The summed E-state index contributed by atoms with van der Waals surface area (Å²) in [4.78, 5) is 14.8. The number of rotatable bonds is 2. The number of hydrogen-bond donors (Lipinski definition) is 0. The zero-order valence-electron chi connectivity index (χ0n) is 14.6. The smallest absolute Gasteiger partial charge is 0.270 e. The molecule has 1 aliphatic heterocycles. The number of oxazole rings is 1. The van der Waals surface area contributed by atoms with Gasteiger partial charge in [-0.1, -0.05) is 54.1 Å². The zero-order valence-corrected chi connectivity index (χ0v) is 15.4. The van der Waals surface area contributed by atoms with E-state index < -0.39 is 0 Å². The predicted molar refractivity (Wildman–Crippen MR) is 111 cm³/mol. The third-order valence-corrected chi connectivity index (χ3v) is 5.44. The normalized spacial score (nSPS) is 13.2. The van der Waals surface area contributed by atoms with Crippen LogP contribution in [0.3, 0.4) is 0 Å². The molecule has 5 heteroatoms. The van der Waals surface area contributed by atoms with Crippen LogP contribution in [0, 0.1) is 0 Å². The van der Waals surface area contributed by atoms with E-state index in [1.165, 1.54) is 0 Å². The van der Waals surface area contributed by atoms with E-state index in [1.807, 2.05) is 83.3 Å². The molecule has 6 rings (SSSR count). The lowest BCUT2D eigenvalue weighted by molar-refractivity contribution is 0.0982. The largest absolute Gasteiger partial charge is 0.437 e. The molecule has 0 radical (unpaired) electrons. The molecule has 0 N–H and O–H groups in total. The van der Waals surface area contributed by atoms with Crippen molar-refractivity contribution >= 4 is 45.7 Å². The summed E-state index contributed by atoms with van der Waals surface area (Å²) < 4.78 is 8.12. The minimum Gasteiger partial charge on any atom is -0.437 e. The highest BCUT2D eigenvalue weighted by molar-refractivity contribution is 6.31. The van der Waals surface area contributed by atoms with Crippen molar-refractivity contribution in [1.29, 1.82) is 0 Å². The molecule has 0 bridgehead atoms. The molecule has 3 heterocycles. The number of para-hydroxylation sites is 3. The average molecular weight is 385 g/mol. The molecule has 0 aliphatic carbocycles. The molecule has 3 aromatic carbocycles. The van der Waals surface area contributed by atoms with Gasteiger partial charge in [-0.3, -0.25) is 14.1 Å². The molecule has 0 spiro atoms. The fraction of sp³-hybridized carbons (Fsp3) is 0. The number of benzene rings is 3. The number of nitrogens with zero attached hydrogens (tertiary/aromatic N) is 2. The van der Waals surface area contributed by atoms with Crippen LogP contribution in [0.5, 0.6) is 0 Å². The van der Waals surface area contributed by atoms with Crippen LogP contribution in [-0.2, 0) is 0 Å². The highest BCUT2D eigenvalue weighted by Gasteiger charge is 2.44. The van der Waals surface area contributed by atoms with E-state index in [9.17, 15) is 4.79 Å². The lowest BCUT2D eigenvalue weighted by atomic mass is 10.0. The average Bonchev–Trinajstić information content (AvgIpc) is 3.21. The van der Waals surface area contributed by atoms with Crippen LogP contribution in [0.15, 0.2) is 83.3 Å². The Hall–Kier alpha value is -3.50. The van der Waals surface area contributed by atoms with Crippen molar-refractivity contribution in [3.63, 3.8) is 0 Å². The van der Waals surface area contributed by atoms with E-state index in [0.717, 1.165) is 33.7 Å². The van der Waals surface area contributed by atoms with E-state index in [-0.39, 0.29) is 5.91 Å². The molecule has 5 aromatic rings. The first-order valence-corrected chi connectivity index (χ1v) is 9.33. The number of carbonyl (C=O) groups is 1. The molecule has 0 unspecified atom stereocenters. The van der Waals surface area contributed by atoms with Crippen LogP contribution < -0.4 is 4.90 Å². The molecule has 134 valence electrons. The summed E-state index contributed by atoms with van der Waals surface area (Å²) >= 11 is 6.11. The number of carbonyl (C=O) groups excluding carboxylic acids is 1. The maximum atomic E-state index is 13.1. The Labute approximate surface area is 165 Å². The van der Waals surface area contributed by atoms with Crippen molar-refractivity contribution in [1.82, 2.24) is 4.40 Å². The Bertz CT molecular complexity index is 1380. The first kappa shape index (κ1) is 15.5. The standard InChI is InChI=1S/C23H13ClN2O2/c24-15-12-10-14(11-13-15)20-21-19(22(27)25(21)16-6-2-1-3-7-16)23-26(20)17-8-4-5-9-18(17)28-23/h1-13H. The van der Waals surface area contributed by atoms with Crippen LogP contribution in [0.2, 0.25) is 5.02 Å². The Kier molecular flexibility index (Phi) is 3.06. The monoisotopic (exact) mass is 384 g/mol. The van der Waals surface area contributed by atoms with E-state index in [4.69, 9.17) is 16.0 Å². The van der Waals surface area contributed by atoms with E-state index in [2.05, 4.69) is 0 Å². The van der Waals surface area contributed by atoms with Crippen molar-refractivity contribution in [3.05, 3.63) is 89.4 Å². The molecular formula is C23H13ClN2O2. The van der Waals surface area contributed by atoms with Crippen LogP contribution in [0.1, 0.15) is 10.4 Å². The van der Waals surface area contributed by atoms with Gasteiger partial charge in [0.2, 0.25) is 5.71 Å². The highest BCUT2D eigenvalue weighted by Crippen LogP contribution is 2.51. The van der Waals surface area contributed by atoms with Crippen molar-refractivity contribution in [2.75, 3.05) is 4.90 Å². The van der Waals surface area contributed by atoms with Gasteiger partial charge in [-0.05, 0) is 36.4 Å². The molecule has 28 heavy (non-hydrogen) atoms. The SMILES string of the molecule is O=C1c2c(c(-c3ccc(Cl)cc3)n3c2oc2ccccc23)N1c1ccccc1. The summed E-state index contributed by atoms with van der Waals surface area (Å²) in [6, 6.07) is 25.1. The van der Waals surface area contributed by atoms with E-state index in [0.29, 0.717) is 16.3 Å². The number of halogens is 1. The third-order valence-electron chi connectivity index (χ3n) is 5.19. The van der Waals surface area contributed by atoms with Crippen molar-refractivity contribution in [2.24, 2.45) is 0 Å². The molecule has 0 saturated heterocycles. The maximum absolute atomic E-state index is 13.1. The zero-order chi connectivity index (χ0) is 18.8. The van der Waals surface area contributed by atoms with Crippen molar-refractivity contribution in [2.45, 2.75) is 0 Å². The van der Waals surface area contributed by atoms with Gasteiger partial charge < -0.3 is 4.42 Å². The summed E-state index contributed by atoms with van der Waals surface area (Å²) in [5.41, 5.74) is 6.48. The van der Waals surface area contributed by atoms with Gasteiger partial charge in [-0.15, -0.1) is 0 Å². The van der Waals surface area contributed by atoms with Crippen LogP contribution in [0.4, 0.5) is 11.4 Å². The number of amides is 1. The summed E-state index contributed by atoms with van der Waals surface area (Å²) in [7, 11) is 0. The van der Waals surface area contributed by atoms with Gasteiger partial charge in [0.1, 0.15) is 5.56 Å². The van der Waals surface area contributed by atoms with Crippen molar-refractivity contribution in [3.8, 4) is 11.3 Å². The molecule has 4 nitrogen and oxygen atoms in total. The van der Waals surface area contributed by atoms with Gasteiger partial charge in [0.05, 0.1) is 16.9 Å². The predicted octanol–water partition coefficient (Wildman–Crippen LogP) is 6.30. The Morgan fingerprint density at radius 2 is 1.54 bits per heavy atom. The third kappa shape index (κ3) is 1.93. The number of fused-ring (bicyclic) bond motifs is 5.